The average molecular weight is 435 g/mol. The summed E-state index contributed by atoms with van der Waals surface area (Å²) in [5.74, 6) is 0.750. The van der Waals surface area contributed by atoms with Crippen molar-refractivity contribution in [2.45, 2.75) is 25.6 Å². The van der Waals surface area contributed by atoms with Crippen LogP contribution >= 0.6 is 23.4 Å². The first kappa shape index (κ1) is 21.1. The molecule has 3 rings (SSSR count). The van der Waals surface area contributed by atoms with Gasteiger partial charge in [-0.2, -0.15) is 0 Å². The maximum absolute atomic E-state index is 13.2. The Morgan fingerprint density at radius 1 is 1.21 bits per heavy atom. The van der Waals surface area contributed by atoms with Crippen LogP contribution in [0.4, 0.5) is 10.1 Å². The molecule has 9 heteroatoms. The Hall–Kier alpha value is -2.58. The lowest BCUT2D eigenvalue weighted by Gasteiger charge is -2.08. The second kappa shape index (κ2) is 9.28. The van der Waals surface area contributed by atoms with Gasteiger partial charge >= 0.3 is 0 Å². The van der Waals surface area contributed by atoms with Crippen LogP contribution in [-0.2, 0) is 18.4 Å². The van der Waals surface area contributed by atoms with Crippen molar-refractivity contribution in [1.29, 1.82) is 0 Å². The number of anilines is 1. The number of carbonyl (C=O) groups excluding carboxylic acids is 1. The molecule has 0 aliphatic carbocycles. The van der Waals surface area contributed by atoms with E-state index in [4.69, 9.17) is 16.3 Å². The van der Waals surface area contributed by atoms with Gasteiger partial charge in [0, 0.05) is 12.7 Å². The zero-order chi connectivity index (χ0) is 21.0. The molecule has 0 aliphatic heterocycles. The van der Waals surface area contributed by atoms with Crippen molar-refractivity contribution in [3.05, 3.63) is 64.2 Å². The van der Waals surface area contributed by atoms with Crippen LogP contribution in [0.3, 0.4) is 0 Å². The van der Waals surface area contributed by atoms with E-state index in [1.54, 1.807) is 4.57 Å². The van der Waals surface area contributed by atoms with Crippen molar-refractivity contribution in [2.75, 3.05) is 11.1 Å². The first-order valence-electron chi connectivity index (χ1n) is 8.79. The van der Waals surface area contributed by atoms with E-state index in [1.165, 1.54) is 35.5 Å². The van der Waals surface area contributed by atoms with Gasteiger partial charge in [-0.1, -0.05) is 29.4 Å². The second-order valence-corrected chi connectivity index (χ2v) is 7.81. The molecular formula is C20H20ClFN4O2S. The predicted octanol–water partition coefficient (Wildman–Crippen LogP) is 4.53. The molecule has 1 heterocycles. The lowest BCUT2D eigenvalue weighted by Crippen LogP contribution is -2.14. The van der Waals surface area contributed by atoms with E-state index in [1.807, 2.05) is 39.1 Å². The van der Waals surface area contributed by atoms with Gasteiger partial charge in [0.05, 0.1) is 10.8 Å². The number of halogens is 2. The SMILES string of the molecule is Cc1ccc(OCc2nnc(SCC(=O)Nc3ccc(F)c(Cl)c3)n2C)cc1C. The molecule has 0 radical (unpaired) electrons. The molecule has 0 spiro atoms. The van der Waals surface area contributed by atoms with E-state index in [-0.39, 0.29) is 23.3 Å². The minimum absolute atomic E-state index is 0.0443. The second-order valence-electron chi connectivity index (χ2n) is 6.46. The molecular weight excluding hydrogens is 415 g/mol. The van der Waals surface area contributed by atoms with Crippen LogP contribution < -0.4 is 10.1 Å². The fourth-order valence-corrected chi connectivity index (χ4v) is 3.36. The summed E-state index contributed by atoms with van der Waals surface area (Å²) < 4.78 is 20.8. The first-order valence-corrected chi connectivity index (χ1v) is 10.2. The van der Waals surface area contributed by atoms with Gasteiger partial charge in [0.15, 0.2) is 11.0 Å². The van der Waals surface area contributed by atoms with E-state index < -0.39 is 5.82 Å². The number of benzene rings is 2. The predicted molar refractivity (Wildman–Crippen MR) is 112 cm³/mol. The number of nitrogens with zero attached hydrogens (tertiary/aromatic N) is 3. The third-order valence-corrected chi connectivity index (χ3v) is 5.62. The zero-order valence-corrected chi connectivity index (χ0v) is 17.8. The molecule has 1 N–H and O–H groups in total. The number of carbonyl (C=O) groups is 1. The van der Waals surface area contributed by atoms with Crippen LogP contribution in [0.15, 0.2) is 41.6 Å². The monoisotopic (exact) mass is 434 g/mol. The molecule has 6 nitrogen and oxygen atoms in total. The first-order chi connectivity index (χ1) is 13.8. The molecule has 0 unspecified atom stereocenters. The van der Waals surface area contributed by atoms with Crippen molar-refractivity contribution in [2.24, 2.45) is 7.05 Å². The smallest absolute Gasteiger partial charge is 0.234 e. The highest BCUT2D eigenvalue weighted by Crippen LogP contribution is 2.21. The van der Waals surface area contributed by atoms with Gasteiger partial charge < -0.3 is 14.6 Å². The topological polar surface area (TPSA) is 69.0 Å². The summed E-state index contributed by atoms with van der Waals surface area (Å²) in [4.78, 5) is 12.1. The lowest BCUT2D eigenvalue weighted by molar-refractivity contribution is -0.113. The number of amides is 1. The molecule has 152 valence electrons. The van der Waals surface area contributed by atoms with Gasteiger partial charge in [0.1, 0.15) is 18.2 Å². The van der Waals surface area contributed by atoms with E-state index >= 15 is 0 Å². The summed E-state index contributed by atoms with van der Waals surface area (Å²) in [5, 5.41) is 11.5. The van der Waals surface area contributed by atoms with Crippen LogP contribution in [-0.4, -0.2) is 26.4 Å². The van der Waals surface area contributed by atoms with Crippen LogP contribution in [0, 0.1) is 19.7 Å². The fourth-order valence-electron chi connectivity index (χ4n) is 2.45. The Kier molecular flexibility index (Phi) is 6.76. The Morgan fingerprint density at radius 2 is 2.00 bits per heavy atom. The highest BCUT2D eigenvalue weighted by Gasteiger charge is 2.13. The minimum atomic E-state index is -0.534. The lowest BCUT2D eigenvalue weighted by atomic mass is 10.1. The quantitative estimate of drug-likeness (QED) is 0.553. The van der Waals surface area contributed by atoms with E-state index in [2.05, 4.69) is 15.5 Å². The normalized spacial score (nSPS) is 10.8. The number of aromatic nitrogens is 3. The molecule has 0 fully saturated rings. The highest BCUT2D eigenvalue weighted by atomic mass is 35.5. The summed E-state index contributed by atoms with van der Waals surface area (Å²) in [6.45, 7) is 4.35. The minimum Gasteiger partial charge on any atom is -0.486 e. The van der Waals surface area contributed by atoms with Gasteiger partial charge in [0.25, 0.3) is 0 Å². The maximum atomic E-state index is 13.2. The average Bonchev–Trinajstić information content (AvgIpc) is 3.04. The van der Waals surface area contributed by atoms with Crippen LogP contribution in [0.5, 0.6) is 5.75 Å². The van der Waals surface area contributed by atoms with Crippen LogP contribution in [0.25, 0.3) is 0 Å². The maximum Gasteiger partial charge on any atom is 0.234 e. The van der Waals surface area contributed by atoms with E-state index in [0.717, 1.165) is 11.3 Å². The largest absolute Gasteiger partial charge is 0.486 e. The Labute approximate surface area is 177 Å². The van der Waals surface area contributed by atoms with Crippen LogP contribution in [0.2, 0.25) is 5.02 Å². The standard InChI is InChI=1S/C20H20ClFN4O2S/c1-12-4-6-15(8-13(12)2)28-10-18-24-25-20(26(18)3)29-11-19(27)23-14-5-7-17(22)16(21)9-14/h4-9H,10-11H2,1-3H3,(H,23,27). The number of nitrogens with one attached hydrogen (secondary N) is 1. The molecule has 29 heavy (non-hydrogen) atoms. The molecule has 1 amide bonds. The van der Waals surface area contributed by atoms with E-state index in [0.29, 0.717) is 16.7 Å². The van der Waals surface area contributed by atoms with Gasteiger partial charge in [-0.3, -0.25) is 4.79 Å². The number of ether oxygens (including phenoxy) is 1. The molecule has 0 bridgehead atoms. The number of hydrogen-bond donors (Lipinski definition) is 1. The molecule has 1 aromatic heterocycles. The third kappa shape index (κ3) is 5.48. The molecule has 0 saturated carbocycles. The van der Waals surface area contributed by atoms with E-state index in [9.17, 15) is 9.18 Å². The summed E-state index contributed by atoms with van der Waals surface area (Å²) >= 11 is 6.96. The van der Waals surface area contributed by atoms with Crippen molar-refractivity contribution in [1.82, 2.24) is 14.8 Å². The van der Waals surface area contributed by atoms with Crippen molar-refractivity contribution >= 4 is 35.0 Å². The van der Waals surface area contributed by atoms with Gasteiger partial charge in [-0.15, -0.1) is 10.2 Å². The Balaban J connectivity index is 1.54. The van der Waals surface area contributed by atoms with Crippen molar-refractivity contribution < 1.29 is 13.9 Å². The van der Waals surface area contributed by atoms with Gasteiger partial charge in [0.2, 0.25) is 5.91 Å². The Morgan fingerprint density at radius 3 is 2.72 bits per heavy atom. The summed E-state index contributed by atoms with van der Waals surface area (Å²) in [7, 11) is 1.82. The summed E-state index contributed by atoms with van der Waals surface area (Å²) in [6, 6.07) is 9.93. The van der Waals surface area contributed by atoms with Crippen molar-refractivity contribution in [3.63, 3.8) is 0 Å². The third-order valence-electron chi connectivity index (χ3n) is 4.31. The van der Waals surface area contributed by atoms with Crippen LogP contribution in [0.1, 0.15) is 17.0 Å². The molecule has 0 aliphatic rings. The fraction of sp³-hybridized carbons (Fsp3) is 0.250. The number of aryl methyl sites for hydroxylation is 2. The van der Waals surface area contributed by atoms with Gasteiger partial charge in [-0.25, -0.2) is 4.39 Å². The summed E-state index contributed by atoms with van der Waals surface area (Å²) in [6.07, 6.45) is 0. The molecule has 0 atom stereocenters. The molecule has 0 saturated heterocycles. The number of thioether (sulfide) groups is 1. The highest BCUT2D eigenvalue weighted by molar-refractivity contribution is 7.99. The number of hydrogen-bond acceptors (Lipinski definition) is 5. The molecule has 3 aromatic rings. The summed E-state index contributed by atoms with van der Waals surface area (Å²) in [5.41, 5.74) is 2.79. The number of rotatable bonds is 7. The van der Waals surface area contributed by atoms with Crippen molar-refractivity contribution in [3.8, 4) is 5.75 Å². The van der Waals surface area contributed by atoms with Gasteiger partial charge in [-0.05, 0) is 55.3 Å². The Bertz CT molecular complexity index is 1040. The molecule has 2 aromatic carbocycles. The zero-order valence-electron chi connectivity index (χ0n) is 16.2.